The lowest BCUT2D eigenvalue weighted by atomic mass is 9.86. The first-order valence-corrected chi connectivity index (χ1v) is 14.6. The molecule has 0 saturated carbocycles. The fourth-order valence-electron chi connectivity index (χ4n) is 5.16. The molecule has 0 fully saturated rings. The average Bonchev–Trinajstić information content (AvgIpc) is 3.84. The number of ether oxygens (including phenoxy) is 1. The minimum absolute atomic E-state index is 0.111. The Balaban J connectivity index is 1.23. The Morgan fingerprint density at radius 2 is 1.44 bits per heavy atom. The smallest absolute Gasteiger partial charge is 0.355 e. The van der Waals surface area contributed by atoms with Crippen LogP contribution in [0.3, 0.4) is 0 Å². The minimum Gasteiger partial charge on any atom is -0.487 e. The maximum atomic E-state index is 15.0. The van der Waals surface area contributed by atoms with Crippen molar-refractivity contribution in [1.82, 2.24) is 43.5 Å². The van der Waals surface area contributed by atoms with E-state index in [0.717, 1.165) is 30.6 Å². The predicted octanol–water partition coefficient (Wildman–Crippen LogP) is 3.67. The molecule has 13 nitrogen and oxygen atoms in total. The van der Waals surface area contributed by atoms with Crippen LogP contribution in [0, 0.1) is 11.6 Å². The molecule has 0 radical (unpaired) electrons. The zero-order valence-electron chi connectivity index (χ0n) is 25.7. The van der Waals surface area contributed by atoms with Gasteiger partial charge >= 0.3 is 23.7 Å². The van der Waals surface area contributed by atoms with Crippen LogP contribution in [0.5, 0.6) is 5.75 Å². The van der Waals surface area contributed by atoms with Gasteiger partial charge in [-0.2, -0.15) is 28.8 Å². The lowest BCUT2D eigenvalue weighted by Crippen LogP contribution is -2.44. The van der Waals surface area contributed by atoms with Gasteiger partial charge in [-0.05, 0) is 61.5 Å². The molecule has 19 heteroatoms. The lowest BCUT2D eigenvalue weighted by Gasteiger charge is -2.34. The predicted molar refractivity (Wildman–Crippen MR) is 162 cm³/mol. The Labute approximate surface area is 276 Å². The highest BCUT2D eigenvalue weighted by molar-refractivity contribution is 5.42. The van der Waals surface area contributed by atoms with Gasteiger partial charge in [0.15, 0.2) is 6.61 Å². The fraction of sp³-hybridized carbons (Fsp3) is 0.226. The monoisotopic (exact) mass is 701 g/mol. The molecule has 260 valence electrons. The van der Waals surface area contributed by atoms with Gasteiger partial charge in [-0.1, -0.05) is 6.07 Å². The van der Waals surface area contributed by atoms with E-state index in [1.807, 2.05) is 0 Å². The first kappa shape index (κ1) is 33.9. The molecule has 6 rings (SSSR count). The van der Waals surface area contributed by atoms with Gasteiger partial charge in [-0.15, -0.1) is 0 Å². The topological polar surface area (TPSA) is 140 Å². The molecule has 0 bridgehead atoms. The normalized spacial score (nSPS) is 13.8. The van der Waals surface area contributed by atoms with Gasteiger partial charge in [0.2, 0.25) is 0 Å². The van der Waals surface area contributed by atoms with E-state index in [2.05, 4.69) is 20.3 Å². The van der Waals surface area contributed by atoms with Crippen molar-refractivity contribution in [3.63, 3.8) is 0 Å². The SMILES string of the molecule is C[C@@H](n1ncn(-c2ccc(-n3ncn(-c4ccc(OCC(F)(F)C(F)F)cc4)c3=O)cc2)c1=O)[C@](O)(Cn1cncn1)c1ccc(F)cc1F. The van der Waals surface area contributed by atoms with E-state index < -0.39 is 53.6 Å². The van der Waals surface area contributed by atoms with E-state index in [4.69, 9.17) is 4.74 Å². The van der Waals surface area contributed by atoms with Gasteiger partial charge < -0.3 is 9.84 Å². The van der Waals surface area contributed by atoms with Crippen LogP contribution in [-0.2, 0) is 12.1 Å². The first-order chi connectivity index (χ1) is 23.8. The Bertz CT molecular complexity index is 2210. The molecule has 0 amide bonds. The number of rotatable bonds is 12. The van der Waals surface area contributed by atoms with Crippen molar-refractivity contribution in [2.75, 3.05) is 6.61 Å². The molecule has 0 saturated heterocycles. The number of nitrogens with zero attached hydrogens (tertiary/aromatic N) is 9. The third-order valence-corrected chi connectivity index (χ3v) is 7.93. The summed E-state index contributed by atoms with van der Waals surface area (Å²) in [4.78, 5) is 30.5. The van der Waals surface area contributed by atoms with Crippen molar-refractivity contribution in [2.24, 2.45) is 0 Å². The minimum atomic E-state index is -4.32. The van der Waals surface area contributed by atoms with E-state index in [0.29, 0.717) is 17.4 Å². The number of hydrogen-bond acceptors (Lipinski definition) is 8. The van der Waals surface area contributed by atoms with Crippen molar-refractivity contribution < 1.29 is 36.2 Å². The largest absolute Gasteiger partial charge is 0.487 e. The summed E-state index contributed by atoms with van der Waals surface area (Å²) in [5.41, 5.74) is -2.88. The Hall–Kier alpha value is -5.98. The number of halogens is 6. The molecule has 3 heterocycles. The summed E-state index contributed by atoms with van der Waals surface area (Å²) >= 11 is 0. The van der Waals surface area contributed by atoms with Gasteiger partial charge in [0.25, 0.3) is 0 Å². The Kier molecular flexibility index (Phi) is 8.91. The van der Waals surface area contributed by atoms with E-state index in [9.17, 15) is 41.0 Å². The number of aromatic nitrogens is 9. The van der Waals surface area contributed by atoms with Gasteiger partial charge in [0.1, 0.15) is 48.3 Å². The van der Waals surface area contributed by atoms with Crippen LogP contribution in [0.2, 0.25) is 0 Å². The van der Waals surface area contributed by atoms with E-state index in [1.165, 1.54) is 85.4 Å². The Morgan fingerprint density at radius 1 is 0.820 bits per heavy atom. The summed E-state index contributed by atoms with van der Waals surface area (Å²) in [7, 11) is 0. The lowest BCUT2D eigenvalue weighted by molar-refractivity contribution is -0.148. The molecule has 2 atom stereocenters. The van der Waals surface area contributed by atoms with Crippen LogP contribution < -0.4 is 16.1 Å². The molecular formula is C31H25F6N9O4. The first-order valence-electron chi connectivity index (χ1n) is 14.6. The van der Waals surface area contributed by atoms with Gasteiger partial charge in [-0.3, -0.25) is 0 Å². The molecular weight excluding hydrogens is 676 g/mol. The molecule has 0 aliphatic rings. The summed E-state index contributed by atoms with van der Waals surface area (Å²) in [6.07, 6.45) is 1.01. The summed E-state index contributed by atoms with van der Waals surface area (Å²) in [5, 5.41) is 24.1. The van der Waals surface area contributed by atoms with Crippen LogP contribution in [-0.4, -0.2) is 67.5 Å². The van der Waals surface area contributed by atoms with Crippen molar-refractivity contribution in [2.45, 2.75) is 37.5 Å². The summed E-state index contributed by atoms with van der Waals surface area (Å²) < 4.78 is 90.1. The van der Waals surface area contributed by atoms with Crippen molar-refractivity contribution in [3.8, 4) is 22.8 Å². The van der Waals surface area contributed by atoms with Gasteiger partial charge in [0, 0.05) is 11.6 Å². The molecule has 6 aromatic rings. The van der Waals surface area contributed by atoms with E-state index in [1.54, 1.807) is 0 Å². The molecule has 0 unspecified atom stereocenters. The molecule has 0 aliphatic heterocycles. The number of hydrogen-bond donors (Lipinski definition) is 1. The highest BCUT2D eigenvalue weighted by Gasteiger charge is 2.42. The maximum Gasteiger partial charge on any atom is 0.355 e. The van der Waals surface area contributed by atoms with Crippen molar-refractivity contribution >= 4 is 0 Å². The van der Waals surface area contributed by atoms with E-state index >= 15 is 0 Å². The quantitative estimate of drug-likeness (QED) is 0.191. The number of benzene rings is 3. The number of aliphatic hydroxyl groups is 1. The van der Waals surface area contributed by atoms with Crippen LogP contribution in [0.15, 0.2) is 102 Å². The van der Waals surface area contributed by atoms with Crippen LogP contribution >= 0.6 is 0 Å². The van der Waals surface area contributed by atoms with Crippen molar-refractivity contribution in [3.05, 3.63) is 130 Å². The standard InChI is InChI=1S/C31H25F6N9O4/c1-19(30(49,13-42-16-38-15-39-42)25-11-2-20(32)12-26(25)33)45-28(47)43(17-40-45)21-3-5-23(6-4-21)46-29(48)44(18-41-46)22-7-9-24(10-8-22)50-14-31(36,37)27(34)35/h2-12,15-19,27,49H,13-14H2,1H3/t19-,30-/m1/s1. The second-order valence-corrected chi connectivity index (χ2v) is 11.1. The second-order valence-electron chi connectivity index (χ2n) is 11.1. The zero-order chi connectivity index (χ0) is 35.8. The maximum absolute atomic E-state index is 15.0. The van der Waals surface area contributed by atoms with Crippen molar-refractivity contribution in [1.29, 1.82) is 0 Å². The van der Waals surface area contributed by atoms with Crippen LogP contribution in [0.1, 0.15) is 18.5 Å². The molecule has 1 N–H and O–H groups in total. The van der Waals surface area contributed by atoms with Crippen LogP contribution in [0.4, 0.5) is 26.3 Å². The van der Waals surface area contributed by atoms with E-state index in [-0.39, 0.29) is 23.5 Å². The summed E-state index contributed by atoms with van der Waals surface area (Å²) in [5.74, 6) is -6.33. The second kappa shape index (κ2) is 13.1. The highest BCUT2D eigenvalue weighted by Crippen LogP contribution is 2.36. The molecule has 3 aromatic heterocycles. The molecule has 50 heavy (non-hydrogen) atoms. The summed E-state index contributed by atoms with van der Waals surface area (Å²) in [6, 6.07) is 12.6. The summed E-state index contributed by atoms with van der Waals surface area (Å²) in [6.45, 7) is -0.437. The highest BCUT2D eigenvalue weighted by atomic mass is 19.3. The number of alkyl halides is 4. The Morgan fingerprint density at radius 3 is 2.06 bits per heavy atom. The zero-order valence-corrected chi connectivity index (χ0v) is 25.7. The molecule has 0 aliphatic carbocycles. The van der Waals surface area contributed by atoms with Gasteiger partial charge in [0.05, 0.1) is 29.6 Å². The molecule has 0 spiro atoms. The fourth-order valence-corrected chi connectivity index (χ4v) is 5.16. The van der Waals surface area contributed by atoms with Gasteiger partial charge in [-0.25, -0.2) is 50.6 Å². The van der Waals surface area contributed by atoms with Crippen LogP contribution in [0.25, 0.3) is 17.1 Å². The molecule has 3 aromatic carbocycles. The third-order valence-electron chi connectivity index (χ3n) is 7.93. The average molecular weight is 702 g/mol. The third kappa shape index (κ3) is 6.41.